The van der Waals surface area contributed by atoms with E-state index in [0.717, 1.165) is 41.9 Å². The second kappa shape index (κ2) is 10.7. The van der Waals surface area contributed by atoms with Crippen LogP contribution in [0.25, 0.3) is 11.4 Å². The number of anilines is 2. The Kier molecular flexibility index (Phi) is 8.10. The fraction of sp³-hybridized carbons (Fsp3) is 0.444. The molecule has 0 saturated heterocycles. The summed E-state index contributed by atoms with van der Waals surface area (Å²) in [5, 5.41) is 10.2. The molecule has 0 amide bonds. The number of carbonyl (C=O) groups is 1. The second-order valence-electron chi connectivity index (χ2n) is 9.92. The van der Waals surface area contributed by atoms with Crippen LogP contribution in [0.1, 0.15) is 49.9 Å². The van der Waals surface area contributed by atoms with Gasteiger partial charge in [0, 0.05) is 29.3 Å². The van der Waals surface area contributed by atoms with Crippen LogP contribution in [0.5, 0.6) is 0 Å². The third kappa shape index (κ3) is 6.21. The van der Waals surface area contributed by atoms with Crippen LogP contribution in [0.2, 0.25) is 0 Å². The van der Waals surface area contributed by atoms with Gasteiger partial charge in [0.05, 0.1) is 0 Å². The van der Waals surface area contributed by atoms with Crippen molar-refractivity contribution in [2.75, 3.05) is 31.6 Å². The molecule has 1 heterocycles. The summed E-state index contributed by atoms with van der Waals surface area (Å²) in [6.07, 6.45) is 0.962. The van der Waals surface area contributed by atoms with Gasteiger partial charge in [0.2, 0.25) is 5.13 Å². The Hall–Kier alpha value is -2.77. The van der Waals surface area contributed by atoms with E-state index in [-0.39, 0.29) is 12.0 Å². The number of aryl methyl sites for hydroxylation is 2. The van der Waals surface area contributed by atoms with Gasteiger partial charge in [-0.3, -0.25) is 4.79 Å². The summed E-state index contributed by atoms with van der Waals surface area (Å²) in [5.41, 5.74) is 6.58. The van der Waals surface area contributed by atoms with E-state index in [0.29, 0.717) is 11.0 Å². The summed E-state index contributed by atoms with van der Waals surface area (Å²) in [6.45, 7) is 14.7. The lowest BCUT2D eigenvalue weighted by molar-refractivity contribution is -0.135. The molecule has 1 aromatic heterocycles. The maximum atomic E-state index is 11.7. The zero-order chi connectivity index (χ0) is 25.0. The van der Waals surface area contributed by atoms with Gasteiger partial charge in [-0.1, -0.05) is 58.0 Å². The number of likely N-dealkylation sites (N-methyl/N-ethyl adjacent to an activating group) is 1. The van der Waals surface area contributed by atoms with Crippen molar-refractivity contribution in [3.63, 3.8) is 0 Å². The van der Waals surface area contributed by atoms with Crippen molar-refractivity contribution < 1.29 is 9.90 Å². The van der Waals surface area contributed by atoms with Crippen LogP contribution in [0.15, 0.2) is 36.4 Å². The first-order valence-electron chi connectivity index (χ1n) is 11.7. The molecule has 0 aliphatic rings. The number of carboxylic acid groups (broad SMARTS) is 1. The molecule has 7 heteroatoms. The van der Waals surface area contributed by atoms with Gasteiger partial charge in [-0.05, 0) is 67.6 Å². The monoisotopic (exact) mass is 480 g/mol. The highest BCUT2D eigenvalue weighted by atomic mass is 32.1. The highest BCUT2D eigenvalue weighted by molar-refractivity contribution is 7.10. The summed E-state index contributed by atoms with van der Waals surface area (Å²) in [7, 11) is 2.12. The zero-order valence-electron chi connectivity index (χ0n) is 21.3. The smallest absolute Gasteiger partial charge is 0.323 e. The Labute approximate surface area is 207 Å². The molecule has 3 aromatic rings. The topological polar surface area (TPSA) is 69.6 Å². The van der Waals surface area contributed by atoms with E-state index in [4.69, 9.17) is 4.98 Å². The Morgan fingerprint density at radius 2 is 1.76 bits per heavy atom. The van der Waals surface area contributed by atoms with Crippen molar-refractivity contribution in [3.8, 4) is 11.4 Å². The Balaban J connectivity index is 1.92. The lowest BCUT2D eigenvalue weighted by Gasteiger charge is -2.23. The number of aromatic nitrogens is 2. The SMILES string of the molecule is CCN(C)CCc1cc(C)c(N(CC(=O)O)c2nc(-c3ccc(C(C)(C)C)cc3)ns2)cc1C. The van der Waals surface area contributed by atoms with Gasteiger partial charge in [-0.15, -0.1) is 0 Å². The second-order valence-corrected chi connectivity index (χ2v) is 10.6. The normalized spacial score (nSPS) is 11.8. The van der Waals surface area contributed by atoms with Crippen LogP contribution in [0.3, 0.4) is 0 Å². The first-order valence-corrected chi connectivity index (χ1v) is 12.5. The van der Waals surface area contributed by atoms with Crippen LogP contribution in [-0.4, -0.2) is 52.0 Å². The summed E-state index contributed by atoms with van der Waals surface area (Å²) in [5.74, 6) is -0.290. The van der Waals surface area contributed by atoms with Gasteiger partial charge >= 0.3 is 5.97 Å². The number of rotatable bonds is 9. The van der Waals surface area contributed by atoms with Crippen LogP contribution < -0.4 is 4.90 Å². The Bertz CT molecular complexity index is 1130. The third-order valence-corrected chi connectivity index (χ3v) is 6.94. The minimum absolute atomic E-state index is 0.0744. The number of nitrogens with zero attached hydrogens (tertiary/aromatic N) is 4. The van der Waals surface area contributed by atoms with E-state index in [1.807, 2.05) is 19.1 Å². The van der Waals surface area contributed by atoms with Crippen molar-refractivity contribution in [3.05, 3.63) is 58.7 Å². The van der Waals surface area contributed by atoms with Crippen molar-refractivity contribution >= 4 is 28.3 Å². The van der Waals surface area contributed by atoms with Gasteiger partial charge in [-0.25, -0.2) is 0 Å². The molecule has 34 heavy (non-hydrogen) atoms. The fourth-order valence-electron chi connectivity index (χ4n) is 3.84. The number of carboxylic acids is 1. The average Bonchev–Trinajstić information content (AvgIpc) is 3.27. The molecule has 0 fully saturated rings. The average molecular weight is 481 g/mol. The summed E-state index contributed by atoms with van der Waals surface area (Å²) in [4.78, 5) is 20.5. The molecule has 2 aromatic carbocycles. The molecule has 6 nitrogen and oxygen atoms in total. The van der Waals surface area contributed by atoms with E-state index >= 15 is 0 Å². The minimum Gasteiger partial charge on any atom is -0.480 e. The summed E-state index contributed by atoms with van der Waals surface area (Å²) >= 11 is 1.23. The first-order chi connectivity index (χ1) is 16.0. The molecule has 182 valence electrons. The molecule has 0 bridgehead atoms. The highest BCUT2D eigenvalue weighted by Gasteiger charge is 2.21. The largest absolute Gasteiger partial charge is 0.480 e. The van der Waals surface area contributed by atoms with Gasteiger partial charge in [0.25, 0.3) is 0 Å². The van der Waals surface area contributed by atoms with Crippen molar-refractivity contribution in [1.29, 1.82) is 0 Å². The predicted octanol–water partition coefficient (Wildman–Crippen LogP) is 5.84. The minimum atomic E-state index is -0.906. The number of hydrogen-bond acceptors (Lipinski definition) is 6. The van der Waals surface area contributed by atoms with Gasteiger partial charge in [0.15, 0.2) is 5.82 Å². The van der Waals surface area contributed by atoms with Gasteiger partial charge in [0.1, 0.15) is 6.54 Å². The van der Waals surface area contributed by atoms with Crippen molar-refractivity contribution in [1.82, 2.24) is 14.3 Å². The van der Waals surface area contributed by atoms with Crippen LogP contribution in [0, 0.1) is 13.8 Å². The van der Waals surface area contributed by atoms with Crippen LogP contribution in [0.4, 0.5) is 10.8 Å². The molecule has 1 N–H and O–H groups in total. The molecular weight excluding hydrogens is 444 g/mol. The summed E-state index contributed by atoms with van der Waals surface area (Å²) < 4.78 is 4.55. The Morgan fingerprint density at radius 1 is 1.09 bits per heavy atom. The number of benzene rings is 2. The third-order valence-electron chi connectivity index (χ3n) is 6.20. The van der Waals surface area contributed by atoms with E-state index in [2.05, 4.69) is 75.2 Å². The van der Waals surface area contributed by atoms with E-state index in [1.54, 1.807) is 4.90 Å². The molecule has 0 aliphatic carbocycles. The van der Waals surface area contributed by atoms with E-state index < -0.39 is 5.97 Å². The lowest BCUT2D eigenvalue weighted by atomic mass is 9.87. The van der Waals surface area contributed by atoms with Crippen LogP contribution in [-0.2, 0) is 16.6 Å². The first kappa shape index (κ1) is 25.8. The molecule has 0 saturated carbocycles. The van der Waals surface area contributed by atoms with Gasteiger partial charge < -0.3 is 14.9 Å². The maximum absolute atomic E-state index is 11.7. The molecule has 3 rings (SSSR count). The predicted molar refractivity (Wildman–Crippen MR) is 141 cm³/mol. The van der Waals surface area contributed by atoms with Crippen LogP contribution >= 0.6 is 11.5 Å². The molecular formula is C27H36N4O2S. The lowest BCUT2D eigenvalue weighted by Crippen LogP contribution is -2.26. The van der Waals surface area contributed by atoms with Gasteiger partial charge in [-0.2, -0.15) is 9.36 Å². The van der Waals surface area contributed by atoms with E-state index in [9.17, 15) is 9.90 Å². The molecule has 0 unspecified atom stereocenters. The molecule has 0 atom stereocenters. The quantitative estimate of drug-likeness (QED) is 0.415. The standard InChI is InChI=1S/C27H36N4O2S/c1-8-30(7)14-13-21-15-19(3)23(16-18(21)2)31(17-24(32)33)26-28-25(29-34-26)20-9-11-22(12-10-20)27(4,5)6/h9-12,15-16H,8,13-14,17H2,1-7H3,(H,32,33). The fourth-order valence-corrected chi connectivity index (χ4v) is 4.55. The zero-order valence-corrected chi connectivity index (χ0v) is 22.2. The molecule has 0 spiro atoms. The van der Waals surface area contributed by atoms with E-state index in [1.165, 1.54) is 22.7 Å². The molecule has 0 aliphatic heterocycles. The number of aliphatic carboxylic acids is 1. The number of hydrogen-bond donors (Lipinski definition) is 1. The van der Waals surface area contributed by atoms with Crippen molar-refractivity contribution in [2.45, 2.75) is 53.4 Å². The Morgan fingerprint density at radius 3 is 2.35 bits per heavy atom. The summed E-state index contributed by atoms with van der Waals surface area (Å²) in [6, 6.07) is 12.5. The maximum Gasteiger partial charge on any atom is 0.323 e. The van der Waals surface area contributed by atoms with Crippen molar-refractivity contribution in [2.24, 2.45) is 0 Å². The molecule has 0 radical (unpaired) electrons. The highest BCUT2D eigenvalue weighted by Crippen LogP contribution is 2.34.